The van der Waals surface area contributed by atoms with Crippen LogP contribution in [0.15, 0.2) is 18.2 Å². The lowest BCUT2D eigenvalue weighted by molar-refractivity contribution is -0.155. The third kappa shape index (κ3) is 3.54. The zero-order valence-corrected chi connectivity index (χ0v) is 20.0. The first-order valence-corrected chi connectivity index (χ1v) is 11.8. The van der Waals surface area contributed by atoms with E-state index in [1.54, 1.807) is 6.92 Å². The largest absolute Gasteiger partial charge is 0.466 e. The molecule has 8 heteroatoms. The number of ether oxygens (including phenoxy) is 2. The van der Waals surface area contributed by atoms with Gasteiger partial charge in [-0.2, -0.15) is 0 Å². The number of para-hydroxylation sites is 1. The van der Waals surface area contributed by atoms with E-state index < -0.39 is 41.6 Å². The van der Waals surface area contributed by atoms with Crippen molar-refractivity contribution in [3.63, 3.8) is 0 Å². The van der Waals surface area contributed by atoms with Crippen LogP contribution in [0.5, 0.6) is 0 Å². The van der Waals surface area contributed by atoms with Crippen molar-refractivity contribution in [3.05, 3.63) is 29.3 Å². The number of aliphatic hydroxyl groups excluding tert-OH is 1. The van der Waals surface area contributed by atoms with Crippen LogP contribution >= 0.6 is 0 Å². The highest BCUT2D eigenvalue weighted by molar-refractivity contribution is 6.04. The van der Waals surface area contributed by atoms with Gasteiger partial charge in [-0.05, 0) is 50.7 Å². The number of nitrogens with one attached hydrogen (secondary N) is 1. The summed E-state index contributed by atoms with van der Waals surface area (Å²) in [4.78, 5) is 42.0. The number of amides is 2. The maximum Gasteiger partial charge on any atom is 0.312 e. The number of rotatable bonds is 7. The topological polar surface area (TPSA) is 105 Å². The summed E-state index contributed by atoms with van der Waals surface area (Å²) in [5, 5.41) is 13.2. The van der Waals surface area contributed by atoms with E-state index in [1.807, 2.05) is 45.9 Å². The van der Waals surface area contributed by atoms with E-state index in [2.05, 4.69) is 5.32 Å². The molecule has 0 unspecified atom stereocenters. The number of likely N-dealkylation sites (tertiary alicyclic amines) is 1. The Balaban J connectivity index is 1.78. The van der Waals surface area contributed by atoms with Gasteiger partial charge in [0.25, 0.3) is 0 Å². The lowest BCUT2D eigenvalue weighted by Gasteiger charge is -2.38. The second kappa shape index (κ2) is 8.72. The van der Waals surface area contributed by atoms with Crippen LogP contribution in [-0.4, -0.2) is 64.8 Å². The zero-order valence-electron chi connectivity index (χ0n) is 20.0. The Morgan fingerprint density at radius 1 is 1.30 bits per heavy atom. The van der Waals surface area contributed by atoms with E-state index in [1.165, 1.54) is 4.90 Å². The molecule has 0 radical (unpaired) electrons. The minimum Gasteiger partial charge on any atom is -0.466 e. The maximum absolute atomic E-state index is 13.9. The highest BCUT2D eigenvalue weighted by Crippen LogP contribution is 2.59. The van der Waals surface area contributed by atoms with E-state index in [-0.39, 0.29) is 30.9 Å². The van der Waals surface area contributed by atoms with E-state index in [0.29, 0.717) is 18.5 Å². The number of carbonyl (C=O) groups is 3. The zero-order chi connectivity index (χ0) is 24.1. The lowest BCUT2D eigenvalue weighted by Crippen LogP contribution is -2.57. The summed E-state index contributed by atoms with van der Waals surface area (Å²) in [6.07, 6.45) is 0.642. The van der Waals surface area contributed by atoms with Gasteiger partial charge >= 0.3 is 5.97 Å². The van der Waals surface area contributed by atoms with Crippen LogP contribution in [-0.2, 0) is 23.9 Å². The standard InChI is InChI=1S/C25H34N2O6/c1-6-32-24(31)18-17-10-11-25(33-17)19(18)23(30)27(16(12-28)13(2)3)21(25)22(29)26-20-14(4)8-7-9-15(20)5/h7-9,13,16-19,21,28H,6,10-12H2,1-5H3,(H,26,29)/t16-,17-,18+,19+,21-,25+/m0/s1. The predicted octanol–water partition coefficient (Wildman–Crippen LogP) is 2.20. The van der Waals surface area contributed by atoms with E-state index in [0.717, 1.165) is 11.1 Å². The Labute approximate surface area is 194 Å². The number of anilines is 1. The van der Waals surface area contributed by atoms with Gasteiger partial charge in [0.1, 0.15) is 11.6 Å². The van der Waals surface area contributed by atoms with Gasteiger partial charge in [-0.3, -0.25) is 14.4 Å². The van der Waals surface area contributed by atoms with Gasteiger partial charge in [-0.15, -0.1) is 0 Å². The van der Waals surface area contributed by atoms with Crippen LogP contribution in [0.3, 0.4) is 0 Å². The maximum atomic E-state index is 13.9. The Hall–Kier alpha value is -2.45. The number of aryl methyl sites for hydroxylation is 2. The van der Waals surface area contributed by atoms with Gasteiger partial charge in [0.15, 0.2) is 0 Å². The Bertz CT molecular complexity index is 942. The van der Waals surface area contributed by atoms with Gasteiger partial charge < -0.3 is 24.8 Å². The average molecular weight is 459 g/mol. The van der Waals surface area contributed by atoms with Crippen molar-refractivity contribution in [2.45, 2.75) is 71.2 Å². The summed E-state index contributed by atoms with van der Waals surface area (Å²) in [7, 11) is 0. The lowest BCUT2D eigenvalue weighted by atomic mass is 9.70. The number of benzene rings is 1. The Morgan fingerprint density at radius 3 is 2.55 bits per heavy atom. The quantitative estimate of drug-likeness (QED) is 0.607. The van der Waals surface area contributed by atoms with Crippen LogP contribution in [0, 0.1) is 31.6 Å². The molecule has 2 bridgehead atoms. The van der Waals surface area contributed by atoms with Crippen molar-refractivity contribution >= 4 is 23.5 Å². The molecule has 0 aromatic heterocycles. The molecule has 3 aliphatic rings. The average Bonchev–Trinajstić information content (AvgIpc) is 3.39. The first-order valence-electron chi connectivity index (χ1n) is 11.8. The SMILES string of the molecule is CCOC(=O)[C@@H]1[C@@H]2CC[C@]3(O2)[C@H](C(=O)Nc2c(C)cccc2C)N([C@@H](CO)C(C)C)C(=O)[C@@H]13. The van der Waals surface area contributed by atoms with Crippen LogP contribution in [0.1, 0.15) is 44.7 Å². The molecule has 0 saturated carbocycles. The third-order valence-corrected chi connectivity index (χ3v) is 7.59. The normalized spacial score (nSPS) is 31.1. The van der Waals surface area contributed by atoms with E-state index in [9.17, 15) is 19.5 Å². The number of esters is 1. The summed E-state index contributed by atoms with van der Waals surface area (Å²) in [6, 6.07) is 4.24. The van der Waals surface area contributed by atoms with E-state index in [4.69, 9.17) is 9.47 Å². The number of hydrogen-bond acceptors (Lipinski definition) is 6. The highest BCUT2D eigenvalue weighted by Gasteiger charge is 2.75. The molecule has 3 fully saturated rings. The molecular formula is C25H34N2O6. The summed E-state index contributed by atoms with van der Waals surface area (Å²) >= 11 is 0. The number of fused-ring (bicyclic) bond motifs is 1. The molecule has 3 heterocycles. The van der Waals surface area contributed by atoms with Crippen molar-refractivity contribution in [2.24, 2.45) is 17.8 Å². The molecule has 2 amide bonds. The fraction of sp³-hybridized carbons (Fsp3) is 0.640. The van der Waals surface area contributed by atoms with Gasteiger partial charge in [0, 0.05) is 5.69 Å². The van der Waals surface area contributed by atoms with Gasteiger partial charge in [0.05, 0.1) is 37.2 Å². The van der Waals surface area contributed by atoms with Gasteiger partial charge in [-0.25, -0.2) is 0 Å². The van der Waals surface area contributed by atoms with Crippen molar-refractivity contribution in [2.75, 3.05) is 18.5 Å². The second-order valence-corrected chi connectivity index (χ2v) is 9.80. The highest BCUT2D eigenvalue weighted by atomic mass is 16.6. The van der Waals surface area contributed by atoms with Crippen LogP contribution in [0.2, 0.25) is 0 Å². The number of nitrogens with zero attached hydrogens (tertiary/aromatic N) is 1. The molecule has 180 valence electrons. The molecule has 3 aliphatic heterocycles. The molecule has 3 saturated heterocycles. The minimum absolute atomic E-state index is 0.0945. The van der Waals surface area contributed by atoms with Gasteiger partial charge in [0.2, 0.25) is 11.8 Å². The fourth-order valence-corrected chi connectivity index (χ4v) is 6.08. The molecule has 2 N–H and O–H groups in total. The molecule has 1 spiro atoms. The van der Waals surface area contributed by atoms with E-state index >= 15 is 0 Å². The Morgan fingerprint density at radius 2 is 1.97 bits per heavy atom. The van der Waals surface area contributed by atoms with Crippen LogP contribution in [0.4, 0.5) is 5.69 Å². The van der Waals surface area contributed by atoms with Gasteiger partial charge in [-0.1, -0.05) is 32.0 Å². The summed E-state index contributed by atoms with van der Waals surface area (Å²) in [6.45, 7) is 9.30. The summed E-state index contributed by atoms with van der Waals surface area (Å²) in [5.41, 5.74) is 1.42. The molecule has 8 nitrogen and oxygen atoms in total. The van der Waals surface area contributed by atoms with Crippen molar-refractivity contribution in [3.8, 4) is 0 Å². The Kier molecular flexibility index (Phi) is 6.26. The summed E-state index contributed by atoms with van der Waals surface area (Å²) in [5.74, 6) is -2.75. The number of aliphatic hydroxyl groups is 1. The fourth-order valence-electron chi connectivity index (χ4n) is 6.08. The minimum atomic E-state index is -1.11. The number of carbonyl (C=O) groups excluding carboxylic acids is 3. The monoisotopic (exact) mass is 458 g/mol. The van der Waals surface area contributed by atoms with Crippen molar-refractivity contribution < 1.29 is 29.0 Å². The predicted molar refractivity (Wildman–Crippen MR) is 121 cm³/mol. The molecule has 1 aromatic rings. The smallest absolute Gasteiger partial charge is 0.312 e. The first-order chi connectivity index (χ1) is 15.7. The first kappa shape index (κ1) is 23.7. The molecular weight excluding hydrogens is 424 g/mol. The molecule has 33 heavy (non-hydrogen) atoms. The molecule has 6 atom stereocenters. The molecule has 0 aliphatic carbocycles. The number of hydrogen-bond donors (Lipinski definition) is 2. The molecule has 4 rings (SSSR count). The van der Waals surface area contributed by atoms with Crippen molar-refractivity contribution in [1.29, 1.82) is 0 Å². The summed E-state index contributed by atoms with van der Waals surface area (Å²) < 4.78 is 11.6. The van der Waals surface area contributed by atoms with Crippen LogP contribution < -0.4 is 5.32 Å². The third-order valence-electron chi connectivity index (χ3n) is 7.59. The van der Waals surface area contributed by atoms with Crippen molar-refractivity contribution in [1.82, 2.24) is 4.90 Å². The molecule has 1 aromatic carbocycles. The van der Waals surface area contributed by atoms with Crippen LogP contribution in [0.25, 0.3) is 0 Å². The second-order valence-electron chi connectivity index (χ2n) is 9.80.